The zero-order valence-electron chi connectivity index (χ0n) is 34.3. The zero-order valence-corrected chi connectivity index (χ0v) is 34.3. The van der Waals surface area contributed by atoms with E-state index < -0.39 is 5.41 Å². The molecule has 0 bridgehead atoms. The molecule has 2 aliphatic rings. The SMILES string of the molecule is CC1(C)c2cc(N(c3ccc4c(c3)-c3ccccc3C4(c3ccccc3)c3ccc4ccccc4c3)c3ccccc3-c3ccccc3)ccc2-c2ccc3ccccc3c21. The fourth-order valence-electron chi connectivity index (χ4n) is 11.0. The second kappa shape index (κ2) is 13.5. The Morgan fingerprint density at radius 3 is 1.77 bits per heavy atom. The number of nitrogens with zero attached hydrogens (tertiary/aromatic N) is 1. The summed E-state index contributed by atoms with van der Waals surface area (Å²) >= 11 is 0. The number of hydrogen-bond acceptors (Lipinski definition) is 1. The molecule has 0 aliphatic heterocycles. The van der Waals surface area contributed by atoms with Gasteiger partial charge in [0.05, 0.1) is 11.1 Å². The molecule has 0 aromatic heterocycles. The Kier molecular flexibility index (Phi) is 7.86. The van der Waals surface area contributed by atoms with Crippen LogP contribution in [0.15, 0.2) is 224 Å². The van der Waals surface area contributed by atoms with E-state index in [2.05, 4.69) is 243 Å². The highest BCUT2D eigenvalue weighted by molar-refractivity contribution is 5.99. The third kappa shape index (κ3) is 5.20. The lowest BCUT2D eigenvalue weighted by Gasteiger charge is -2.34. The summed E-state index contributed by atoms with van der Waals surface area (Å²) in [5, 5.41) is 5.11. The summed E-state index contributed by atoms with van der Waals surface area (Å²) in [4.78, 5) is 2.50. The minimum Gasteiger partial charge on any atom is -0.310 e. The molecule has 0 spiro atoms. The topological polar surface area (TPSA) is 3.24 Å². The number of fused-ring (bicyclic) bond motifs is 9. The minimum atomic E-state index is -0.505. The van der Waals surface area contributed by atoms with Gasteiger partial charge in [0.2, 0.25) is 0 Å². The van der Waals surface area contributed by atoms with E-state index in [4.69, 9.17) is 0 Å². The van der Waals surface area contributed by atoms with Gasteiger partial charge in [0.25, 0.3) is 0 Å². The van der Waals surface area contributed by atoms with Crippen molar-refractivity contribution in [2.24, 2.45) is 0 Å². The van der Waals surface area contributed by atoms with E-state index in [-0.39, 0.29) is 5.41 Å². The third-order valence-electron chi connectivity index (χ3n) is 13.7. The zero-order chi connectivity index (χ0) is 40.7. The minimum absolute atomic E-state index is 0.196. The van der Waals surface area contributed by atoms with Crippen LogP contribution in [0.3, 0.4) is 0 Å². The molecule has 0 radical (unpaired) electrons. The summed E-state index contributed by atoms with van der Waals surface area (Å²) in [6.07, 6.45) is 0. The van der Waals surface area contributed by atoms with Gasteiger partial charge in [-0.2, -0.15) is 0 Å². The van der Waals surface area contributed by atoms with Crippen LogP contribution in [0.5, 0.6) is 0 Å². The molecule has 0 saturated heterocycles. The maximum absolute atomic E-state index is 2.50. The van der Waals surface area contributed by atoms with E-state index in [1.807, 2.05) is 0 Å². The van der Waals surface area contributed by atoms with Crippen molar-refractivity contribution in [3.8, 4) is 33.4 Å². The Hall–Kier alpha value is -7.48. The predicted molar refractivity (Wildman–Crippen MR) is 256 cm³/mol. The lowest BCUT2D eigenvalue weighted by Crippen LogP contribution is -2.28. The van der Waals surface area contributed by atoms with Gasteiger partial charge in [-0.15, -0.1) is 0 Å². The largest absolute Gasteiger partial charge is 0.310 e. The first-order chi connectivity index (χ1) is 30.0. The van der Waals surface area contributed by atoms with Crippen molar-refractivity contribution in [2.45, 2.75) is 24.7 Å². The number of anilines is 3. The Morgan fingerprint density at radius 1 is 0.344 bits per heavy atom. The molecule has 1 nitrogen and oxygen atoms in total. The van der Waals surface area contributed by atoms with Crippen LogP contribution in [0.1, 0.15) is 47.2 Å². The Morgan fingerprint density at radius 2 is 0.934 bits per heavy atom. The highest BCUT2D eigenvalue weighted by Crippen LogP contribution is 2.58. The smallest absolute Gasteiger partial charge is 0.0713 e. The van der Waals surface area contributed by atoms with Crippen molar-refractivity contribution in [1.29, 1.82) is 0 Å². The maximum Gasteiger partial charge on any atom is 0.0713 e. The van der Waals surface area contributed by atoms with Crippen LogP contribution in [0.25, 0.3) is 54.9 Å². The van der Waals surface area contributed by atoms with Crippen molar-refractivity contribution in [2.75, 3.05) is 4.90 Å². The van der Waals surface area contributed by atoms with Crippen molar-refractivity contribution in [3.05, 3.63) is 258 Å². The molecule has 0 fully saturated rings. The fraction of sp³-hybridized carbons (Fsp3) is 0.0667. The van der Waals surface area contributed by atoms with Gasteiger partial charge in [-0.05, 0) is 119 Å². The summed E-state index contributed by atoms with van der Waals surface area (Å²) in [5.74, 6) is 0. The van der Waals surface area contributed by atoms with Crippen LogP contribution in [-0.2, 0) is 10.8 Å². The average Bonchev–Trinajstić information content (AvgIpc) is 3.75. The van der Waals surface area contributed by atoms with E-state index in [1.54, 1.807) is 0 Å². The molecule has 10 aromatic carbocycles. The molecule has 0 heterocycles. The van der Waals surface area contributed by atoms with Crippen LogP contribution in [-0.4, -0.2) is 0 Å². The fourth-order valence-corrected chi connectivity index (χ4v) is 11.0. The second-order valence-corrected chi connectivity index (χ2v) is 17.2. The molecule has 0 saturated carbocycles. The van der Waals surface area contributed by atoms with Gasteiger partial charge in [-0.3, -0.25) is 0 Å². The van der Waals surface area contributed by atoms with Gasteiger partial charge < -0.3 is 4.90 Å². The highest BCUT2D eigenvalue weighted by Gasteiger charge is 2.46. The standard InChI is InChI=1S/C60H43N/c1-59(2)56-39-47(32-35-51(56)52-34-30-42-20-11-12-25-49(42)58(52)59)61(57-28-16-14-24-48(57)41-18-5-3-6-19-41)46-33-36-55-53(38-46)50-26-13-15-27-54(50)60(55,44-22-7-4-8-23-44)45-31-29-40-17-9-10-21-43(40)37-45/h3-39H,1-2H3. The monoisotopic (exact) mass is 777 g/mol. The second-order valence-electron chi connectivity index (χ2n) is 17.2. The Labute approximate surface area is 357 Å². The first-order valence-corrected chi connectivity index (χ1v) is 21.4. The molecule has 1 unspecified atom stereocenters. The average molecular weight is 778 g/mol. The molecule has 10 aromatic rings. The molecular formula is C60H43N. The van der Waals surface area contributed by atoms with Crippen LogP contribution in [0, 0.1) is 0 Å². The van der Waals surface area contributed by atoms with Crippen molar-refractivity contribution < 1.29 is 0 Å². The Bertz CT molecular complexity index is 3340. The highest BCUT2D eigenvalue weighted by atomic mass is 15.1. The van der Waals surface area contributed by atoms with Gasteiger partial charge >= 0.3 is 0 Å². The van der Waals surface area contributed by atoms with E-state index in [9.17, 15) is 0 Å². The van der Waals surface area contributed by atoms with Gasteiger partial charge in [-0.25, -0.2) is 0 Å². The third-order valence-corrected chi connectivity index (χ3v) is 13.7. The quantitative estimate of drug-likeness (QED) is 0.163. The number of para-hydroxylation sites is 1. The van der Waals surface area contributed by atoms with Crippen LogP contribution in [0.4, 0.5) is 17.1 Å². The lowest BCUT2D eigenvalue weighted by molar-refractivity contribution is 0.666. The molecule has 0 amide bonds. The van der Waals surface area contributed by atoms with Crippen LogP contribution < -0.4 is 4.90 Å². The number of benzene rings is 10. The van der Waals surface area contributed by atoms with Crippen LogP contribution in [0.2, 0.25) is 0 Å². The van der Waals surface area contributed by atoms with E-state index in [1.165, 1.54) is 88.3 Å². The Balaban J connectivity index is 1.11. The summed E-state index contributed by atoms with van der Waals surface area (Å²) in [5.41, 5.74) is 18.2. The van der Waals surface area contributed by atoms with Gasteiger partial charge in [-0.1, -0.05) is 202 Å². The maximum atomic E-state index is 2.50. The molecular weight excluding hydrogens is 735 g/mol. The molecule has 1 heteroatoms. The van der Waals surface area contributed by atoms with Gasteiger partial charge in [0.1, 0.15) is 0 Å². The first kappa shape index (κ1) is 35.5. The van der Waals surface area contributed by atoms with Crippen LogP contribution >= 0.6 is 0 Å². The van der Waals surface area contributed by atoms with Gasteiger partial charge in [0, 0.05) is 22.4 Å². The van der Waals surface area contributed by atoms with E-state index in [0.29, 0.717) is 0 Å². The summed E-state index contributed by atoms with van der Waals surface area (Å²) in [6, 6.07) is 83.6. The van der Waals surface area contributed by atoms with Gasteiger partial charge in [0.15, 0.2) is 0 Å². The summed E-state index contributed by atoms with van der Waals surface area (Å²) in [6.45, 7) is 4.80. The molecule has 1 atom stereocenters. The molecule has 61 heavy (non-hydrogen) atoms. The number of rotatable bonds is 6. The molecule has 12 rings (SSSR count). The van der Waals surface area contributed by atoms with E-state index >= 15 is 0 Å². The van der Waals surface area contributed by atoms with E-state index in [0.717, 1.165) is 17.1 Å². The molecule has 0 N–H and O–H groups in total. The molecule has 2 aliphatic carbocycles. The van der Waals surface area contributed by atoms with Crippen molar-refractivity contribution >= 4 is 38.6 Å². The lowest BCUT2D eigenvalue weighted by atomic mass is 9.67. The normalized spacial score (nSPS) is 15.6. The first-order valence-electron chi connectivity index (χ1n) is 21.4. The predicted octanol–water partition coefficient (Wildman–Crippen LogP) is 15.8. The summed E-state index contributed by atoms with van der Waals surface area (Å²) < 4.78 is 0. The van der Waals surface area contributed by atoms with Crippen molar-refractivity contribution in [3.63, 3.8) is 0 Å². The summed E-state index contributed by atoms with van der Waals surface area (Å²) in [7, 11) is 0. The molecule has 288 valence electrons. The number of hydrogen-bond donors (Lipinski definition) is 0. The van der Waals surface area contributed by atoms with Crippen molar-refractivity contribution in [1.82, 2.24) is 0 Å².